The molecule has 0 aliphatic heterocycles. The Bertz CT molecular complexity index is 62.2. The van der Waals surface area contributed by atoms with Crippen molar-refractivity contribution in [2.24, 2.45) is 0 Å². The van der Waals surface area contributed by atoms with Crippen molar-refractivity contribution in [1.29, 1.82) is 0 Å². The molecule has 0 rings (SSSR count). The molecule has 0 heterocycles. The first-order valence-electron chi connectivity index (χ1n) is 0.783. The third-order valence-electron chi connectivity index (χ3n) is 0. The van der Waals surface area contributed by atoms with Gasteiger partial charge in [0.25, 0.3) is 0 Å². The standard InChI is InChI=1S/Fe.Li.Nb.H3O4P.H/c;;;1-5(2,3)4;/h;;;(H3,1,2,3,4);. The molecule has 0 spiro atoms. The van der Waals surface area contributed by atoms with E-state index in [1.54, 1.807) is 0 Å². The van der Waals surface area contributed by atoms with Crippen LogP contribution in [0, 0.1) is 0 Å². The van der Waals surface area contributed by atoms with Gasteiger partial charge >= 0.3 is 26.7 Å². The fraction of sp³-hybridized carbons (Fsp3) is 0. The first-order chi connectivity index (χ1) is 2.00. The summed E-state index contributed by atoms with van der Waals surface area (Å²) in [6.07, 6.45) is 0. The van der Waals surface area contributed by atoms with Crippen molar-refractivity contribution in [3.8, 4) is 0 Å². The smallest absolute Gasteiger partial charge is 0 e. The molecule has 0 saturated heterocycles. The quantitative estimate of drug-likeness (QED) is 0.360. The van der Waals surface area contributed by atoms with Crippen molar-refractivity contribution in [3.05, 3.63) is 0 Å². The molecule has 0 saturated carbocycles. The Morgan fingerprint density at radius 3 is 1.12 bits per heavy atom. The van der Waals surface area contributed by atoms with Crippen LogP contribution in [0.15, 0.2) is 0 Å². The van der Waals surface area contributed by atoms with Crippen LogP contribution < -0.4 is 0 Å². The normalized spacial score (nSPS) is 7.38. The minimum absolute atomic E-state index is 0. The molecule has 0 unspecified atom stereocenters. The molecule has 1 radical (unpaired) electrons. The van der Waals surface area contributed by atoms with E-state index in [4.69, 9.17) is 19.2 Å². The van der Waals surface area contributed by atoms with Crippen LogP contribution >= 0.6 is 7.82 Å². The molecule has 0 aliphatic rings. The van der Waals surface area contributed by atoms with Gasteiger partial charge in [0.05, 0.1) is 0 Å². The van der Waals surface area contributed by atoms with Gasteiger partial charge in [-0.1, -0.05) is 0 Å². The number of rotatable bonds is 0. The number of hydrogen-bond acceptors (Lipinski definition) is 1. The number of hydrogen-bond donors (Lipinski definition) is 3. The van der Waals surface area contributed by atoms with Gasteiger partial charge < -0.3 is 14.7 Å². The minimum Gasteiger partial charge on any atom is 0 e. The maximum atomic E-state index is 8.88. The van der Waals surface area contributed by atoms with Crippen LogP contribution in [0.1, 0.15) is 0 Å². The maximum absolute atomic E-state index is 8.88. The molecular weight excluding hydrogens is 251 g/mol. The largest absolute Gasteiger partial charge is 0 e. The summed E-state index contributed by atoms with van der Waals surface area (Å²) < 4.78 is 8.88. The van der Waals surface area contributed by atoms with Crippen LogP contribution in [0.25, 0.3) is 0 Å². The van der Waals surface area contributed by atoms with Gasteiger partial charge in [-0.25, -0.2) is 4.57 Å². The first-order valence-corrected chi connectivity index (χ1v) is 2.35. The molecule has 3 N–H and O–H groups in total. The van der Waals surface area contributed by atoms with E-state index in [0.717, 1.165) is 0 Å². The Morgan fingerprint density at radius 1 is 1.12 bits per heavy atom. The summed E-state index contributed by atoms with van der Waals surface area (Å²) in [5.74, 6) is 0. The van der Waals surface area contributed by atoms with Gasteiger partial charge in [0.2, 0.25) is 0 Å². The monoisotopic (exact) mass is 255 g/mol. The first kappa shape index (κ1) is 22.5. The molecule has 4 nitrogen and oxygen atoms in total. The molecule has 47 valence electrons. The summed E-state index contributed by atoms with van der Waals surface area (Å²) in [6.45, 7) is 0. The molecule has 0 aromatic carbocycles. The molecule has 0 fully saturated rings. The summed E-state index contributed by atoms with van der Waals surface area (Å²) in [7, 11) is -4.64. The van der Waals surface area contributed by atoms with Crippen LogP contribution in [0.5, 0.6) is 0 Å². The Kier molecular flexibility index (Phi) is 25.2. The van der Waals surface area contributed by atoms with Gasteiger partial charge in [-0.2, -0.15) is 0 Å². The predicted octanol–water partition coefficient (Wildman–Crippen LogP) is -1.58. The van der Waals surface area contributed by atoms with Crippen LogP contribution in [-0.4, -0.2) is 33.5 Å². The predicted molar refractivity (Wildman–Crippen MR) is 21.4 cm³/mol. The van der Waals surface area contributed by atoms with Crippen molar-refractivity contribution >= 4 is 26.7 Å². The van der Waals surface area contributed by atoms with Crippen LogP contribution in [0.2, 0.25) is 0 Å². The molecular formula is H4FeLiNbO4P. The molecule has 0 amide bonds. The Labute approximate surface area is 84.8 Å². The second-order valence-electron chi connectivity index (χ2n) is 0.513. The molecule has 0 aromatic rings. The van der Waals surface area contributed by atoms with E-state index >= 15 is 0 Å². The van der Waals surface area contributed by atoms with Crippen LogP contribution in [0.3, 0.4) is 0 Å². The van der Waals surface area contributed by atoms with E-state index in [1.165, 1.54) is 0 Å². The van der Waals surface area contributed by atoms with E-state index in [2.05, 4.69) is 0 Å². The van der Waals surface area contributed by atoms with Gasteiger partial charge in [0.15, 0.2) is 0 Å². The molecule has 0 aliphatic carbocycles. The van der Waals surface area contributed by atoms with Crippen molar-refractivity contribution in [2.45, 2.75) is 0 Å². The topological polar surface area (TPSA) is 77.8 Å². The van der Waals surface area contributed by atoms with E-state index in [1.807, 2.05) is 0 Å². The van der Waals surface area contributed by atoms with Crippen molar-refractivity contribution < 1.29 is 58.7 Å². The van der Waals surface area contributed by atoms with Crippen molar-refractivity contribution in [2.75, 3.05) is 0 Å². The summed E-state index contributed by atoms with van der Waals surface area (Å²) in [4.78, 5) is 21.6. The van der Waals surface area contributed by atoms with E-state index in [-0.39, 0.29) is 58.3 Å². The van der Waals surface area contributed by atoms with Gasteiger partial charge in [-0.05, 0) is 0 Å². The van der Waals surface area contributed by atoms with E-state index in [9.17, 15) is 0 Å². The van der Waals surface area contributed by atoms with Crippen molar-refractivity contribution in [3.63, 3.8) is 0 Å². The second-order valence-corrected chi connectivity index (χ2v) is 1.54. The third kappa shape index (κ3) is 99.9. The Balaban J connectivity index is -0.0000000267. The van der Waals surface area contributed by atoms with Gasteiger partial charge in [-0.3, -0.25) is 0 Å². The Hall–Kier alpha value is 1.97. The molecule has 8 heavy (non-hydrogen) atoms. The van der Waals surface area contributed by atoms with E-state index in [0.29, 0.717) is 0 Å². The summed E-state index contributed by atoms with van der Waals surface area (Å²) >= 11 is 0. The SMILES string of the molecule is O=P(O)(O)O.[Fe].[LiH].[Nb]. The molecule has 0 aromatic heterocycles. The zero-order chi connectivity index (χ0) is 4.50. The maximum Gasteiger partial charge on any atom is 0 e. The molecule has 0 atom stereocenters. The average Bonchev–Trinajstić information content (AvgIpc) is 0.722. The second kappa shape index (κ2) is 8.97. The fourth-order valence-electron chi connectivity index (χ4n) is 0. The van der Waals surface area contributed by atoms with Gasteiger partial charge in [0.1, 0.15) is 0 Å². The Morgan fingerprint density at radius 2 is 1.12 bits per heavy atom. The zero-order valence-corrected chi connectivity index (χ0v) is 7.20. The number of phosphoric acid groups is 1. The molecule has 8 heteroatoms. The fourth-order valence-corrected chi connectivity index (χ4v) is 0. The summed E-state index contributed by atoms with van der Waals surface area (Å²) in [6, 6.07) is 0. The third-order valence-corrected chi connectivity index (χ3v) is 0. The summed E-state index contributed by atoms with van der Waals surface area (Å²) in [5, 5.41) is 0. The minimum atomic E-state index is -4.64. The zero-order valence-electron chi connectivity index (χ0n) is 3.00. The van der Waals surface area contributed by atoms with Crippen LogP contribution in [-0.2, 0) is 44.0 Å². The summed E-state index contributed by atoms with van der Waals surface area (Å²) in [5.41, 5.74) is 0. The van der Waals surface area contributed by atoms with E-state index < -0.39 is 7.82 Å². The van der Waals surface area contributed by atoms with Crippen molar-refractivity contribution in [1.82, 2.24) is 0 Å². The average molecular weight is 255 g/mol. The van der Waals surface area contributed by atoms with Crippen LogP contribution in [0.4, 0.5) is 0 Å². The molecule has 0 bridgehead atoms. The van der Waals surface area contributed by atoms with Gasteiger partial charge in [0, 0.05) is 39.4 Å². The van der Waals surface area contributed by atoms with Gasteiger partial charge in [-0.15, -0.1) is 0 Å².